The molecule has 1 aromatic heterocycles. The summed E-state index contributed by atoms with van der Waals surface area (Å²) in [4.78, 5) is 2.48. The van der Waals surface area contributed by atoms with E-state index in [1.54, 1.807) is 11.3 Å². The summed E-state index contributed by atoms with van der Waals surface area (Å²) in [7, 11) is 0. The SMILES string of the molecule is c1ccc(C2CN(Cc3ccsc3)CCO2)cc1. The number of hydrogen-bond acceptors (Lipinski definition) is 3. The molecule has 0 spiro atoms. The predicted molar refractivity (Wildman–Crippen MR) is 74.7 cm³/mol. The van der Waals surface area contributed by atoms with E-state index in [1.165, 1.54) is 11.1 Å². The number of hydrogen-bond donors (Lipinski definition) is 0. The lowest BCUT2D eigenvalue weighted by Crippen LogP contribution is -2.37. The van der Waals surface area contributed by atoms with Gasteiger partial charge in [0, 0.05) is 19.6 Å². The van der Waals surface area contributed by atoms with Crippen molar-refractivity contribution in [3.63, 3.8) is 0 Å². The van der Waals surface area contributed by atoms with Gasteiger partial charge in [-0.05, 0) is 28.0 Å². The van der Waals surface area contributed by atoms with Crippen LogP contribution in [0.1, 0.15) is 17.2 Å². The van der Waals surface area contributed by atoms with Crippen LogP contribution < -0.4 is 0 Å². The van der Waals surface area contributed by atoms with Gasteiger partial charge >= 0.3 is 0 Å². The molecule has 2 nitrogen and oxygen atoms in total. The molecule has 0 aliphatic carbocycles. The van der Waals surface area contributed by atoms with Crippen molar-refractivity contribution >= 4 is 11.3 Å². The Morgan fingerprint density at radius 1 is 1.22 bits per heavy atom. The lowest BCUT2D eigenvalue weighted by Gasteiger charge is -2.33. The highest BCUT2D eigenvalue weighted by Gasteiger charge is 2.21. The molecule has 2 heterocycles. The molecule has 0 bridgehead atoms. The minimum absolute atomic E-state index is 0.221. The fourth-order valence-corrected chi connectivity index (χ4v) is 3.02. The number of benzene rings is 1. The second-order valence-corrected chi connectivity index (χ2v) is 5.42. The van der Waals surface area contributed by atoms with Crippen LogP contribution in [-0.2, 0) is 11.3 Å². The molecule has 18 heavy (non-hydrogen) atoms. The molecule has 1 aromatic carbocycles. The predicted octanol–water partition coefficient (Wildman–Crippen LogP) is 3.32. The van der Waals surface area contributed by atoms with Crippen LogP contribution in [0.2, 0.25) is 0 Å². The lowest BCUT2D eigenvalue weighted by atomic mass is 10.1. The van der Waals surface area contributed by atoms with Gasteiger partial charge in [0.2, 0.25) is 0 Å². The summed E-state index contributed by atoms with van der Waals surface area (Å²) in [6.07, 6.45) is 0.221. The summed E-state index contributed by atoms with van der Waals surface area (Å²) in [6.45, 7) is 3.87. The Morgan fingerprint density at radius 3 is 2.89 bits per heavy atom. The quantitative estimate of drug-likeness (QED) is 0.838. The first-order valence-corrected chi connectivity index (χ1v) is 7.26. The van der Waals surface area contributed by atoms with Crippen molar-refractivity contribution in [3.05, 3.63) is 58.3 Å². The van der Waals surface area contributed by atoms with Gasteiger partial charge in [-0.15, -0.1) is 0 Å². The van der Waals surface area contributed by atoms with Gasteiger partial charge in [0.1, 0.15) is 0 Å². The standard InChI is InChI=1S/C15H17NOS/c1-2-4-14(5-3-1)15-11-16(7-8-17-15)10-13-6-9-18-12-13/h1-6,9,12,15H,7-8,10-11H2. The van der Waals surface area contributed by atoms with Crippen LogP contribution in [0.25, 0.3) is 0 Å². The maximum atomic E-state index is 5.87. The Hall–Kier alpha value is -1.16. The average molecular weight is 259 g/mol. The summed E-state index contributed by atoms with van der Waals surface area (Å²) < 4.78 is 5.87. The van der Waals surface area contributed by atoms with Gasteiger partial charge < -0.3 is 4.74 Å². The highest BCUT2D eigenvalue weighted by molar-refractivity contribution is 7.07. The maximum Gasteiger partial charge on any atom is 0.0952 e. The molecule has 1 aliphatic rings. The van der Waals surface area contributed by atoms with E-state index in [4.69, 9.17) is 4.74 Å². The fraction of sp³-hybridized carbons (Fsp3) is 0.333. The van der Waals surface area contributed by atoms with Crippen LogP contribution in [0.5, 0.6) is 0 Å². The summed E-state index contributed by atoms with van der Waals surface area (Å²) in [6, 6.07) is 12.7. The number of ether oxygens (including phenoxy) is 1. The maximum absolute atomic E-state index is 5.87. The average Bonchev–Trinajstić information content (AvgIpc) is 2.93. The number of morpholine rings is 1. The molecule has 1 saturated heterocycles. The third-order valence-corrected chi connectivity index (χ3v) is 4.04. The summed E-state index contributed by atoms with van der Waals surface area (Å²) in [5, 5.41) is 4.37. The first kappa shape index (κ1) is 11.9. The topological polar surface area (TPSA) is 12.5 Å². The van der Waals surface area contributed by atoms with E-state index in [9.17, 15) is 0 Å². The molecule has 1 aliphatic heterocycles. The van der Waals surface area contributed by atoms with E-state index in [2.05, 4.69) is 52.1 Å². The zero-order chi connectivity index (χ0) is 12.2. The van der Waals surface area contributed by atoms with Crippen molar-refractivity contribution < 1.29 is 4.74 Å². The fourth-order valence-electron chi connectivity index (χ4n) is 2.36. The normalized spacial score (nSPS) is 21.0. The number of nitrogens with zero attached hydrogens (tertiary/aromatic N) is 1. The van der Waals surface area contributed by atoms with Crippen LogP contribution in [0, 0.1) is 0 Å². The summed E-state index contributed by atoms with van der Waals surface area (Å²) >= 11 is 1.77. The van der Waals surface area contributed by atoms with Crippen molar-refractivity contribution in [1.29, 1.82) is 0 Å². The molecule has 0 N–H and O–H groups in total. The molecule has 94 valence electrons. The smallest absolute Gasteiger partial charge is 0.0952 e. The van der Waals surface area contributed by atoms with Crippen LogP contribution in [0.15, 0.2) is 47.2 Å². The molecular formula is C15H17NOS. The number of thiophene rings is 1. The summed E-state index contributed by atoms with van der Waals surface area (Å²) in [5.41, 5.74) is 2.70. The van der Waals surface area contributed by atoms with Gasteiger partial charge in [0.25, 0.3) is 0 Å². The van der Waals surface area contributed by atoms with Gasteiger partial charge in [-0.25, -0.2) is 0 Å². The molecule has 2 aromatic rings. The van der Waals surface area contributed by atoms with Crippen LogP contribution in [0.4, 0.5) is 0 Å². The third-order valence-electron chi connectivity index (χ3n) is 3.31. The van der Waals surface area contributed by atoms with Crippen molar-refractivity contribution in [2.24, 2.45) is 0 Å². The van der Waals surface area contributed by atoms with Gasteiger partial charge in [0.15, 0.2) is 0 Å². The van der Waals surface area contributed by atoms with Crippen LogP contribution in [0.3, 0.4) is 0 Å². The van der Waals surface area contributed by atoms with E-state index in [-0.39, 0.29) is 6.10 Å². The Bertz CT molecular complexity index is 469. The Labute approximate surface area is 112 Å². The molecule has 1 unspecified atom stereocenters. The van der Waals surface area contributed by atoms with Crippen molar-refractivity contribution in [2.45, 2.75) is 12.6 Å². The Morgan fingerprint density at radius 2 is 2.11 bits per heavy atom. The van der Waals surface area contributed by atoms with Gasteiger partial charge in [-0.2, -0.15) is 11.3 Å². The monoisotopic (exact) mass is 259 g/mol. The van der Waals surface area contributed by atoms with E-state index < -0.39 is 0 Å². The minimum atomic E-state index is 0.221. The largest absolute Gasteiger partial charge is 0.371 e. The third kappa shape index (κ3) is 2.80. The van der Waals surface area contributed by atoms with Gasteiger partial charge in [0.05, 0.1) is 12.7 Å². The minimum Gasteiger partial charge on any atom is -0.371 e. The molecular weight excluding hydrogens is 242 g/mol. The van der Waals surface area contributed by atoms with Gasteiger partial charge in [-0.3, -0.25) is 4.90 Å². The van der Waals surface area contributed by atoms with Crippen molar-refractivity contribution in [3.8, 4) is 0 Å². The second kappa shape index (κ2) is 5.65. The first-order chi connectivity index (χ1) is 8.92. The molecule has 1 fully saturated rings. The van der Waals surface area contributed by atoms with E-state index in [1.807, 2.05) is 0 Å². The second-order valence-electron chi connectivity index (χ2n) is 4.64. The Balaban J connectivity index is 1.65. The van der Waals surface area contributed by atoms with Gasteiger partial charge in [-0.1, -0.05) is 30.3 Å². The molecule has 1 atom stereocenters. The van der Waals surface area contributed by atoms with Crippen molar-refractivity contribution in [1.82, 2.24) is 4.90 Å². The van der Waals surface area contributed by atoms with E-state index in [0.717, 1.165) is 26.2 Å². The zero-order valence-corrected chi connectivity index (χ0v) is 11.1. The van der Waals surface area contributed by atoms with E-state index >= 15 is 0 Å². The first-order valence-electron chi connectivity index (χ1n) is 6.32. The summed E-state index contributed by atoms with van der Waals surface area (Å²) in [5.74, 6) is 0. The molecule has 3 heteroatoms. The van der Waals surface area contributed by atoms with Crippen LogP contribution in [-0.4, -0.2) is 24.6 Å². The highest BCUT2D eigenvalue weighted by Crippen LogP contribution is 2.23. The lowest BCUT2D eigenvalue weighted by molar-refractivity contribution is -0.0328. The molecule has 0 saturated carbocycles. The molecule has 0 amide bonds. The molecule has 3 rings (SSSR count). The highest BCUT2D eigenvalue weighted by atomic mass is 32.1. The van der Waals surface area contributed by atoms with Crippen LogP contribution >= 0.6 is 11.3 Å². The van der Waals surface area contributed by atoms with Crippen molar-refractivity contribution in [2.75, 3.05) is 19.7 Å². The number of rotatable bonds is 3. The zero-order valence-electron chi connectivity index (χ0n) is 10.3. The Kier molecular flexibility index (Phi) is 3.74. The molecule has 0 radical (unpaired) electrons. The van der Waals surface area contributed by atoms with E-state index in [0.29, 0.717) is 0 Å².